The lowest BCUT2D eigenvalue weighted by molar-refractivity contribution is -0.137. The van der Waals surface area contributed by atoms with Crippen molar-refractivity contribution in [1.82, 2.24) is 0 Å². The van der Waals surface area contributed by atoms with Crippen LogP contribution in [-0.2, 0) is 17.6 Å². The van der Waals surface area contributed by atoms with Gasteiger partial charge in [-0.3, -0.25) is 4.79 Å². The molecule has 0 fully saturated rings. The van der Waals surface area contributed by atoms with Crippen LogP contribution in [0.4, 0.5) is 0 Å². The number of hydrogen-bond donors (Lipinski definition) is 2. The van der Waals surface area contributed by atoms with Crippen molar-refractivity contribution in [3.63, 3.8) is 0 Å². The zero-order valence-corrected chi connectivity index (χ0v) is 8.78. The van der Waals surface area contributed by atoms with Crippen LogP contribution in [0.5, 0.6) is 0 Å². The second kappa shape index (κ2) is 6.19. The molecule has 0 saturated heterocycles. The number of rotatable bonds is 6. The summed E-state index contributed by atoms with van der Waals surface area (Å²) < 4.78 is 0. The Labute approximate surface area is 89.9 Å². The van der Waals surface area contributed by atoms with Gasteiger partial charge in [-0.05, 0) is 36.9 Å². The molecule has 3 nitrogen and oxygen atoms in total. The number of aryl methyl sites for hydroxylation is 1. The van der Waals surface area contributed by atoms with E-state index >= 15 is 0 Å². The summed E-state index contributed by atoms with van der Waals surface area (Å²) in [7, 11) is 0. The van der Waals surface area contributed by atoms with Crippen molar-refractivity contribution in [3.8, 4) is 0 Å². The zero-order chi connectivity index (χ0) is 11.1. The van der Waals surface area contributed by atoms with Gasteiger partial charge < -0.3 is 10.8 Å². The molecule has 0 radical (unpaired) electrons. The maximum atomic E-state index is 10.3. The third-order valence-electron chi connectivity index (χ3n) is 2.31. The number of carboxylic acids is 1. The normalized spacial score (nSPS) is 10.2. The first-order valence-electron chi connectivity index (χ1n) is 5.22. The second-order valence-electron chi connectivity index (χ2n) is 3.60. The van der Waals surface area contributed by atoms with Crippen molar-refractivity contribution in [3.05, 3.63) is 35.4 Å². The van der Waals surface area contributed by atoms with Gasteiger partial charge in [-0.1, -0.05) is 24.3 Å². The summed E-state index contributed by atoms with van der Waals surface area (Å²) in [4.78, 5) is 10.3. The minimum atomic E-state index is -0.727. The Morgan fingerprint density at radius 2 is 1.67 bits per heavy atom. The third-order valence-corrected chi connectivity index (χ3v) is 2.31. The highest BCUT2D eigenvalue weighted by Gasteiger charge is 1.98. The van der Waals surface area contributed by atoms with Gasteiger partial charge in [0, 0.05) is 6.42 Å². The molecule has 3 heteroatoms. The van der Waals surface area contributed by atoms with Crippen molar-refractivity contribution in [1.29, 1.82) is 0 Å². The first-order valence-corrected chi connectivity index (χ1v) is 5.22. The molecule has 1 aromatic rings. The molecule has 0 bridgehead atoms. The van der Waals surface area contributed by atoms with Crippen LogP contribution in [-0.4, -0.2) is 17.6 Å². The van der Waals surface area contributed by atoms with Gasteiger partial charge in [0.15, 0.2) is 0 Å². The summed E-state index contributed by atoms with van der Waals surface area (Å²) in [5.74, 6) is -0.727. The first kappa shape index (κ1) is 11.7. The summed E-state index contributed by atoms with van der Waals surface area (Å²) in [6.45, 7) is 0.665. The van der Waals surface area contributed by atoms with E-state index in [1.54, 1.807) is 0 Å². The number of carbonyl (C=O) groups is 1. The quantitative estimate of drug-likeness (QED) is 0.744. The third kappa shape index (κ3) is 4.61. The second-order valence-corrected chi connectivity index (χ2v) is 3.60. The Balaban J connectivity index is 2.39. The van der Waals surface area contributed by atoms with E-state index in [0.29, 0.717) is 13.0 Å². The van der Waals surface area contributed by atoms with Crippen LogP contribution in [0.3, 0.4) is 0 Å². The van der Waals surface area contributed by atoms with Gasteiger partial charge in [-0.25, -0.2) is 0 Å². The molecular weight excluding hydrogens is 190 g/mol. The van der Waals surface area contributed by atoms with Gasteiger partial charge in [0.1, 0.15) is 0 Å². The standard InChI is InChI=1S/C12H17NO2/c13-9-8-11-6-4-10(5-7-11)2-1-3-12(14)15/h4-7H,1-3,8-9,13H2,(H,14,15). The first-order chi connectivity index (χ1) is 7.22. The van der Waals surface area contributed by atoms with Crippen molar-refractivity contribution >= 4 is 5.97 Å². The van der Waals surface area contributed by atoms with E-state index in [-0.39, 0.29) is 6.42 Å². The Morgan fingerprint density at radius 3 is 2.13 bits per heavy atom. The predicted molar refractivity (Wildman–Crippen MR) is 59.8 cm³/mol. The summed E-state index contributed by atoms with van der Waals surface area (Å²) in [5, 5.41) is 8.49. The van der Waals surface area contributed by atoms with E-state index in [2.05, 4.69) is 12.1 Å². The number of nitrogens with two attached hydrogens (primary N) is 1. The minimum Gasteiger partial charge on any atom is -0.481 e. The van der Waals surface area contributed by atoms with Crippen LogP contribution in [0.2, 0.25) is 0 Å². The van der Waals surface area contributed by atoms with Crippen molar-refractivity contribution in [2.75, 3.05) is 6.54 Å². The summed E-state index contributed by atoms with van der Waals surface area (Å²) in [6, 6.07) is 8.21. The van der Waals surface area contributed by atoms with Crippen LogP contribution in [0.15, 0.2) is 24.3 Å². The van der Waals surface area contributed by atoms with E-state index in [4.69, 9.17) is 10.8 Å². The smallest absolute Gasteiger partial charge is 0.303 e. The molecule has 0 aliphatic rings. The summed E-state index contributed by atoms with van der Waals surface area (Å²) in [5.41, 5.74) is 7.87. The van der Waals surface area contributed by atoms with Gasteiger partial charge in [-0.15, -0.1) is 0 Å². The van der Waals surface area contributed by atoms with Gasteiger partial charge in [0.05, 0.1) is 0 Å². The Kier molecular flexibility index (Phi) is 4.84. The Bertz CT molecular complexity index is 306. The highest BCUT2D eigenvalue weighted by atomic mass is 16.4. The molecule has 0 aliphatic carbocycles. The number of carboxylic acid groups (broad SMARTS) is 1. The molecule has 0 heterocycles. The molecule has 0 unspecified atom stereocenters. The van der Waals surface area contributed by atoms with E-state index in [9.17, 15) is 4.79 Å². The molecule has 15 heavy (non-hydrogen) atoms. The van der Waals surface area contributed by atoms with E-state index in [1.807, 2.05) is 12.1 Å². The molecule has 0 aliphatic heterocycles. The maximum absolute atomic E-state index is 10.3. The average molecular weight is 207 g/mol. The fourth-order valence-electron chi connectivity index (χ4n) is 1.48. The van der Waals surface area contributed by atoms with Crippen LogP contribution in [0, 0.1) is 0 Å². The molecular formula is C12H17NO2. The van der Waals surface area contributed by atoms with Gasteiger partial charge >= 0.3 is 5.97 Å². The molecule has 1 aromatic carbocycles. The summed E-state index contributed by atoms with van der Waals surface area (Å²) in [6.07, 6.45) is 2.67. The summed E-state index contributed by atoms with van der Waals surface area (Å²) >= 11 is 0. The van der Waals surface area contributed by atoms with Gasteiger partial charge in [-0.2, -0.15) is 0 Å². The number of benzene rings is 1. The SMILES string of the molecule is NCCc1ccc(CCCC(=O)O)cc1. The lowest BCUT2D eigenvalue weighted by Gasteiger charge is -2.02. The molecule has 0 spiro atoms. The lowest BCUT2D eigenvalue weighted by atomic mass is 10.0. The highest BCUT2D eigenvalue weighted by molar-refractivity contribution is 5.66. The molecule has 82 valence electrons. The van der Waals surface area contributed by atoms with Gasteiger partial charge in [0.25, 0.3) is 0 Å². The minimum absolute atomic E-state index is 0.241. The van der Waals surface area contributed by atoms with Crippen molar-refractivity contribution in [2.45, 2.75) is 25.7 Å². The fraction of sp³-hybridized carbons (Fsp3) is 0.417. The average Bonchev–Trinajstić information content (AvgIpc) is 2.20. The lowest BCUT2D eigenvalue weighted by Crippen LogP contribution is -2.02. The fourth-order valence-corrected chi connectivity index (χ4v) is 1.48. The molecule has 0 amide bonds. The van der Waals surface area contributed by atoms with Gasteiger partial charge in [0.2, 0.25) is 0 Å². The largest absolute Gasteiger partial charge is 0.481 e. The van der Waals surface area contributed by atoms with Crippen LogP contribution < -0.4 is 5.73 Å². The molecule has 0 atom stereocenters. The molecule has 3 N–H and O–H groups in total. The maximum Gasteiger partial charge on any atom is 0.303 e. The molecule has 1 rings (SSSR count). The van der Waals surface area contributed by atoms with Crippen LogP contribution in [0.25, 0.3) is 0 Å². The highest BCUT2D eigenvalue weighted by Crippen LogP contribution is 2.08. The Hall–Kier alpha value is -1.35. The van der Waals surface area contributed by atoms with E-state index < -0.39 is 5.97 Å². The zero-order valence-electron chi connectivity index (χ0n) is 8.78. The van der Waals surface area contributed by atoms with Crippen LogP contribution in [0.1, 0.15) is 24.0 Å². The monoisotopic (exact) mass is 207 g/mol. The predicted octanol–water partition coefficient (Wildman–Crippen LogP) is 1.60. The van der Waals surface area contributed by atoms with Crippen molar-refractivity contribution in [2.24, 2.45) is 5.73 Å². The Morgan fingerprint density at radius 1 is 1.13 bits per heavy atom. The topological polar surface area (TPSA) is 63.3 Å². The number of aliphatic carboxylic acids is 1. The van der Waals surface area contributed by atoms with E-state index in [1.165, 1.54) is 11.1 Å². The van der Waals surface area contributed by atoms with Crippen LogP contribution >= 0.6 is 0 Å². The molecule has 0 saturated carbocycles. The van der Waals surface area contributed by atoms with Crippen molar-refractivity contribution < 1.29 is 9.90 Å². The molecule has 0 aromatic heterocycles. The van der Waals surface area contributed by atoms with E-state index in [0.717, 1.165) is 12.8 Å². The number of hydrogen-bond acceptors (Lipinski definition) is 2.